The highest BCUT2D eigenvalue weighted by atomic mass is 16.5. The van der Waals surface area contributed by atoms with E-state index in [1.54, 1.807) is 0 Å². The quantitative estimate of drug-likeness (QED) is 0.711. The largest absolute Gasteiger partial charge is 0.389 e. The van der Waals surface area contributed by atoms with Crippen molar-refractivity contribution in [2.75, 3.05) is 33.4 Å². The molecule has 0 bridgehead atoms. The van der Waals surface area contributed by atoms with Gasteiger partial charge in [0.05, 0.1) is 25.4 Å². The van der Waals surface area contributed by atoms with Crippen molar-refractivity contribution in [3.63, 3.8) is 0 Å². The smallest absolute Gasteiger partial charge is 0.0900 e. The Morgan fingerprint density at radius 2 is 2.17 bits per heavy atom. The molecule has 1 saturated carbocycles. The van der Waals surface area contributed by atoms with Gasteiger partial charge in [0.25, 0.3) is 0 Å². The summed E-state index contributed by atoms with van der Waals surface area (Å²) in [7, 11) is 2.09. The minimum Gasteiger partial charge on any atom is -0.389 e. The number of aliphatic hydroxyl groups is 1. The molecule has 0 aromatic rings. The van der Waals surface area contributed by atoms with Crippen LogP contribution in [0.1, 0.15) is 32.6 Å². The fourth-order valence-electron chi connectivity index (χ4n) is 2.60. The Morgan fingerprint density at radius 3 is 2.78 bits per heavy atom. The highest BCUT2D eigenvalue weighted by Crippen LogP contribution is 2.34. The van der Waals surface area contributed by atoms with Gasteiger partial charge in [-0.2, -0.15) is 0 Å². The monoisotopic (exact) mass is 257 g/mol. The first-order valence-electron chi connectivity index (χ1n) is 7.24. The van der Waals surface area contributed by atoms with Gasteiger partial charge in [-0.1, -0.05) is 0 Å². The lowest BCUT2D eigenvalue weighted by atomic mass is 10.2. The van der Waals surface area contributed by atoms with Crippen LogP contribution in [0, 0.1) is 5.92 Å². The molecule has 2 aliphatic rings. The maximum Gasteiger partial charge on any atom is 0.0900 e. The lowest BCUT2D eigenvalue weighted by Crippen LogP contribution is -2.39. The van der Waals surface area contributed by atoms with E-state index in [4.69, 9.17) is 9.47 Å². The van der Waals surface area contributed by atoms with E-state index in [-0.39, 0.29) is 6.10 Å². The Hall–Kier alpha value is -0.160. The molecule has 0 aromatic carbocycles. The van der Waals surface area contributed by atoms with Crippen LogP contribution < -0.4 is 0 Å². The third-order valence-electron chi connectivity index (χ3n) is 4.14. The molecule has 1 aliphatic heterocycles. The fourth-order valence-corrected chi connectivity index (χ4v) is 2.60. The zero-order valence-corrected chi connectivity index (χ0v) is 11.7. The average molecular weight is 257 g/mol. The maximum atomic E-state index is 9.94. The van der Waals surface area contributed by atoms with Crippen LogP contribution in [0.15, 0.2) is 0 Å². The van der Waals surface area contributed by atoms with Crippen molar-refractivity contribution in [2.45, 2.75) is 50.9 Å². The first kappa shape index (κ1) is 14.3. The minimum absolute atomic E-state index is 0.250. The van der Waals surface area contributed by atoms with Crippen molar-refractivity contribution in [1.82, 2.24) is 4.90 Å². The molecule has 4 heteroatoms. The number of ether oxygens (including phenoxy) is 2. The number of likely N-dealkylation sites (N-methyl/N-ethyl adjacent to an activating group) is 1. The molecular formula is C14H27NO3. The van der Waals surface area contributed by atoms with Crippen molar-refractivity contribution in [2.24, 2.45) is 5.92 Å². The normalized spacial score (nSPS) is 27.7. The van der Waals surface area contributed by atoms with Crippen LogP contribution in [0.3, 0.4) is 0 Å². The van der Waals surface area contributed by atoms with Crippen LogP contribution in [-0.4, -0.2) is 61.7 Å². The standard InChI is InChI=1S/C14H27NO3/c1-11(12-5-6-12)15(2)8-13(16)9-17-10-14-4-3-7-18-14/h11-14,16H,3-10H2,1-2H3. The van der Waals surface area contributed by atoms with E-state index in [9.17, 15) is 5.11 Å². The van der Waals surface area contributed by atoms with E-state index >= 15 is 0 Å². The van der Waals surface area contributed by atoms with Crippen LogP contribution in [-0.2, 0) is 9.47 Å². The summed E-state index contributed by atoms with van der Waals surface area (Å²) in [6.45, 7) is 4.85. The number of rotatable bonds is 8. The third kappa shape index (κ3) is 4.50. The molecular weight excluding hydrogens is 230 g/mol. The van der Waals surface area contributed by atoms with Gasteiger partial charge >= 0.3 is 0 Å². The molecule has 0 aromatic heterocycles. The first-order chi connectivity index (χ1) is 8.66. The maximum absolute atomic E-state index is 9.94. The van der Waals surface area contributed by atoms with E-state index in [2.05, 4.69) is 18.9 Å². The Kier molecular flexibility index (Phi) is 5.42. The van der Waals surface area contributed by atoms with Gasteiger partial charge in [-0.25, -0.2) is 0 Å². The summed E-state index contributed by atoms with van der Waals surface area (Å²) in [5, 5.41) is 9.94. The van der Waals surface area contributed by atoms with Crippen LogP contribution in [0.4, 0.5) is 0 Å². The first-order valence-corrected chi connectivity index (χ1v) is 7.24. The van der Waals surface area contributed by atoms with Gasteiger partial charge in [0.15, 0.2) is 0 Å². The van der Waals surface area contributed by atoms with E-state index in [1.807, 2.05) is 0 Å². The molecule has 3 atom stereocenters. The summed E-state index contributed by atoms with van der Waals surface area (Å²) in [6, 6.07) is 0.581. The van der Waals surface area contributed by atoms with Crippen molar-refractivity contribution < 1.29 is 14.6 Å². The molecule has 3 unspecified atom stereocenters. The summed E-state index contributed by atoms with van der Waals surface area (Å²) in [5.74, 6) is 0.843. The van der Waals surface area contributed by atoms with E-state index in [1.165, 1.54) is 12.8 Å². The molecule has 106 valence electrons. The third-order valence-corrected chi connectivity index (χ3v) is 4.14. The van der Waals surface area contributed by atoms with Gasteiger partial charge in [0.1, 0.15) is 0 Å². The van der Waals surface area contributed by atoms with Gasteiger partial charge in [0, 0.05) is 19.2 Å². The van der Waals surface area contributed by atoms with Crippen LogP contribution >= 0.6 is 0 Å². The van der Waals surface area contributed by atoms with E-state index < -0.39 is 6.10 Å². The molecule has 2 fully saturated rings. The van der Waals surface area contributed by atoms with E-state index in [0.717, 1.165) is 25.4 Å². The van der Waals surface area contributed by atoms with Crippen molar-refractivity contribution in [1.29, 1.82) is 0 Å². The van der Waals surface area contributed by atoms with Gasteiger partial charge in [-0.15, -0.1) is 0 Å². The summed E-state index contributed by atoms with van der Waals surface area (Å²) in [6.07, 6.45) is 4.78. The van der Waals surface area contributed by atoms with Gasteiger partial charge in [0.2, 0.25) is 0 Å². The zero-order chi connectivity index (χ0) is 13.0. The molecule has 4 nitrogen and oxygen atoms in total. The zero-order valence-electron chi connectivity index (χ0n) is 11.7. The Labute approximate surface area is 110 Å². The van der Waals surface area contributed by atoms with Crippen molar-refractivity contribution in [3.05, 3.63) is 0 Å². The Balaban J connectivity index is 1.54. The minimum atomic E-state index is -0.391. The van der Waals surface area contributed by atoms with Crippen LogP contribution in [0.25, 0.3) is 0 Å². The second kappa shape index (κ2) is 6.85. The van der Waals surface area contributed by atoms with Gasteiger partial charge in [-0.05, 0) is 45.6 Å². The van der Waals surface area contributed by atoms with Crippen molar-refractivity contribution >= 4 is 0 Å². The highest BCUT2D eigenvalue weighted by molar-refractivity contribution is 4.84. The second-order valence-corrected chi connectivity index (χ2v) is 5.84. The van der Waals surface area contributed by atoms with Gasteiger partial charge in [-0.3, -0.25) is 0 Å². The number of aliphatic hydroxyl groups excluding tert-OH is 1. The lowest BCUT2D eigenvalue weighted by Gasteiger charge is -2.27. The van der Waals surface area contributed by atoms with Gasteiger partial charge < -0.3 is 19.5 Å². The molecule has 0 radical (unpaired) electrons. The molecule has 18 heavy (non-hydrogen) atoms. The summed E-state index contributed by atoms with van der Waals surface area (Å²) in [4.78, 5) is 2.25. The highest BCUT2D eigenvalue weighted by Gasteiger charge is 2.31. The average Bonchev–Trinajstić information content (AvgIpc) is 3.06. The number of hydrogen-bond donors (Lipinski definition) is 1. The molecule has 1 heterocycles. The Morgan fingerprint density at radius 1 is 1.39 bits per heavy atom. The van der Waals surface area contributed by atoms with E-state index in [0.29, 0.717) is 25.8 Å². The fraction of sp³-hybridized carbons (Fsp3) is 1.00. The molecule has 1 N–H and O–H groups in total. The van der Waals surface area contributed by atoms with Crippen molar-refractivity contribution in [3.8, 4) is 0 Å². The summed E-state index contributed by atoms with van der Waals surface area (Å²) >= 11 is 0. The molecule has 0 spiro atoms. The SMILES string of the molecule is CC(C1CC1)N(C)CC(O)COCC1CCCO1. The lowest BCUT2D eigenvalue weighted by molar-refractivity contribution is -0.0262. The number of nitrogens with zero attached hydrogens (tertiary/aromatic N) is 1. The summed E-state index contributed by atoms with van der Waals surface area (Å²) < 4.78 is 11.0. The topological polar surface area (TPSA) is 41.9 Å². The van der Waals surface area contributed by atoms with Crippen LogP contribution in [0.5, 0.6) is 0 Å². The number of hydrogen-bond acceptors (Lipinski definition) is 4. The molecule has 1 aliphatic carbocycles. The Bertz CT molecular complexity index is 239. The second-order valence-electron chi connectivity index (χ2n) is 5.84. The predicted octanol–water partition coefficient (Wildman–Crippen LogP) is 1.27. The predicted molar refractivity (Wildman–Crippen MR) is 70.6 cm³/mol. The van der Waals surface area contributed by atoms with Crippen LogP contribution in [0.2, 0.25) is 0 Å². The molecule has 1 saturated heterocycles. The summed E-state index contributed by atoms with van der Waals surface area (Å²) in [5.41, 5.74) is 0. The molecule has 2 rings (SSSR count). The molecule has 0 amide bonds.